The molecular weight excluding hydrogens is 250 g/mol. The maximum absolute atomic E-state index is 12.0. The van der Waals surface area contributed by atoms with Crippen LogP contribution in [0.4, 0.5) is 5.82 Å². The van der Waals surface area contributed by atoms with Gasteiger partial charge in [0.1, 0.15) is 5.82 Å². The molecule has 6 heteroatoms. The summed E-state index contributed by atoms with van der Waals surface area (Å²) in [5.41, 5.74) is 0.795. The zero-order valence-electron chi connectivity index (χ0n) is 9.45. The van der Waals surface area contributed by atoms with Crippen molar-refractivity contribution in [3.63, 3.8) is 0 Å². The number of rotatable bonds is 2. The molecule has 0 amide bonds. The smallest absolute Gasteiger partial charge is 0.181 e. The van der Waals surface area contributed by atoms with Crippen molar-refractivity contribution in [2.24, 2.45) is 0 Å². The topological polar surface area (TPSA) is 72.0 Å². The minimum atomic E-state index is -3.19. The molecule has 2 heterocycles. The molecule has 1 aromatic heterocycles. The highest BCUT2D eigenvalue weighted by Crippen LogP contribution is 2.34. The van der Waals surface area contributed by atoms with E-state index in [1.165, 1.54) is 0 Å². The van der Waals surface area contributed by atoms with Crippen LogP contribution < -0.4 is 5.32 Å². The van der Waals surface area contributed by atoms with Crippen LogP contribution in [0.2, 0.25) is 0 Å². The van der Waals surface area contributed by atoms with E-state index in [0.29, 0.717) is 10.7 Å². The molecule has 1 aliphatic heterocycles. The Morgan fingerprint density at radius 3 is 2.83 bits per heavy atom. The van der Waals surface area contributed by atoms with Crippen LogP contribution in [-0.4, -0.2) is 24.1 Å². The first kappa shape index (κ1) is 11.2. The van der Waals surface area contributed by atoms with E-state index >= 15 is 0 Å². The number of nitrogens with zero attached hydrogens (tertiary/aromatic N) is 2. The predicted molar refractivity (Wildman–Crippen MR) is 66.9 cm³/mol. The van der Waals surface area contributed by atoms with Crippen molar-refractivity contribution in [2.45, 2.75) is 10.9 Å². The molecule has 1 aromatic carbocycles. The van der Waals surface area contributed by atoms with Gasteiger partial charge in [-0.15, -0.1) is 0 Å². The predicted octanol–water partition coefficient (Wildman–Crippen LogP) is 1.42. The highest BCUT2D eigenvalue weighted by Gasteiger charge is 2.34. The molecule has 1 N–H and O–H groups in total. The molecule has 0 bridgehead atoms. The average Bonchev–Trinajstić information content (AvgIpc) is 2.63. The average molecular weight is 261 g/mol. The molecule has 0 saturated heterocycles. The van der Waals surface area contributed by atoms with E-state index in [0.717, 1.165) is 5.56 Å². The fourth-order valence-corrected chi connectivity index (χ4v) is 3.86. The van der Waals surface area contributed by atoms with Crippen LogP contribution in [0.5, 0.6) is 0 Å². The van der Waals surface area contributed by atoms with Gasteiger partial charge in [0.25, 0.3) is 0 Å². The van der Waals surface area contributed by atoms with Crippen molar-refractivity contribution in [3.05, 3.63) is 48.4 Å². The van der Waals surface area contributed by atoms with Gasteiger partial charge in [0, 0.05) is 12.4 Å². The van der Waals surface area contributed by atoms with E-state index in [1.54, 1.807) is 30.7 Å². The lowest BCUT2D eigenvalue weighted by molar-refractivity contribution is 0.598. The number of anilines is 1. The second kappa shape index (κ2) is 4.06. The van der Waals surface area contributed by atoms with E-state index in [-0.39, 0.29) is 11.8 Å². The van der Waals surface area contributed by atoms with E-state index in [9.17, 15) is 8.42 Å². The van der Waals surface area contributed by atoms with Gasteiger partial charge in [-0.25, -0.2) is 13.4 Å². The molecule has 0 radical (unpaired) electrons. The summed E-state index contributed by atoms with van der Waals surface area (Å²) < 4.78 is 24.0. The van der Waals surface area contributed by atoms with E-state index in [4.69, 9.17) is 0 Å². The van der Waals surface area contributed by atoms with Crippen LogP contribution in [0, 0.1) is 0 Å². The van der Waals surface area contributed by atoms with Gasteiger partial charge in [-0.3, -0.25) is 4.98 Å². The largest absolute Gasteiger partial charge is 0.361 e. The van der Waals surface area contributed by atoms with Gasteiger partial charge in [0.15, 0.2) is 9.84 Å². The Bertz CT molecular complexity index is 671. The normalized spacial score (nSPS) is 20.3. The number of hydrogen-bond donors (Lipinski definition) is 1. The number of sulfone groups is 1. The van der Waals surface area contributed by atoms with Crippen LogP contribution in [0.1, 0.15) is 11.6 Å². The fourth-order valence-electron chi connectivity index (χ4n) is 2.12. The Hall–Kier alpha value is -1.95. The van der Waals surface area contributed by atoms with Gasteiger partial charge >= 0.3 is 0 Å². The van der Waals surface area contributed by atoms with E-state index < -0.39 is 9.84 Å². The monoisotopic (exact) mass is 261 g/mol. The van der Waals surface area contributed by atoms with E-state index in [2.05, 4.69) is 15.3 Å². The second-order valence-electron chi connectivity index (χ2n) is 4.11. The minimum Gasteiger partial charge on any atom is -0.361 e. The summed E-state index contributed by atoms with van der Waals surface area (Å²) in [7, 11) is -3.19. The zero-order chi connectivity index (χ0) is 12.6. The minimum absolute atomic E-state index is 0.0585. The fraction of sp³-hybridized carbons (Fsp3) is 0.167. The van der Waals surface area contributed by atoms with Gasteiger partial charge < -0.3 is 5.32 Å². The molecule has 5 nitrogen and oxygen atoms in total. The highest BCUT2D eigenvalue weighted by molar-refractivity contribution is 7.91. The molecule has 1 atom stereocenters. The Morgan fingerprint density at radius 2 is 2.06 bits per heavy atom. The molecule has 2 aromatic rings. The van der Waals surface area contributed by atoms with Gasteiger partial charge in [-0.1, -0.05) is 18.2 Å². The van der Waals surface area contributed by atoms with Gasteiger partial charge in [0.05, 0.1) is 22.9 Å². The number of benzene rings is 1. The first-order valence-corrected chi connectivity index (χ1v) is 7.16. The zero-order valence-corrected chi connectivity index (χ0v) is 10.3. The van der Waals surface area contributed by atoms with Crippen LogP contribution in [0.3, 0.4) is 0 Å². The molecule has 0 spiro atoms. The summed E-state index contributed by atoms with van der Waals surface area (Å²) in [6.45, 7) is 0. The van der Waals surface area contributed by atoms with Crippen molar-refractivity contribution in [3.8, 4) is 0 Å². The Labute approximate surface area is 105 Å². The lowest BCUT2D eigenvalue weighted by Gasteiger charge is -2.12. The molecule has 18 heavy (non-hydrogen) atoms. The van der Waals surface area contributed by atoms with Gasteiger partial charge in [-0.05, 0) is 11.6 Å². The number of fused-ring (bicyclic) bond motifs is 1. The first-order chi connectivity index (χ1) is 8.67. The molecule has 1 unspecified atom stereocenters. The third kappa shape index (κ3) is 1.84. The lowest BCUT2D eigenvalue weighted by Crippen LogP contribution is -2.13. The summed E-state index contributed by atoms with van der Waals surface area (Å²) in [6, 6.07) is 6.78. The maximum atomic E-state index is 12.0. The Kier molecular flexibility index (Phi) is 2.52. The molecule has 0 fully saturated rings. The maximum Gasteiger partial charge on any atom is 0.181 e. The third-order valence-corrected chi connectivity index (χ3v) is 4.71. The van der Waals surface area contributed by atoms with Crippen LogP contribution >= 0.6 is 0 Å². The van der Waals surface area contributed by atoms with Crippen molar-refractivity contribution in [2.75, 3.05) is 11.1 Å². The Morgan fingerprint density at radius 1 is 1.22 bits per heavy atom. The summed E-state index contributed by atoms with van der Waals surface area (Å²) >= 11 is 0. The highest BCUT2D eigenvalue weighted by atomic mass is 32.2. The molecular formula is C12H11N3O2S. The second-order valence-corrected chi connectivity index (χ2v) is 6.11. The van der Waals surface area contributed by atoms with Crippen LogP contribution in [-0.2, 0) is 9.84 Å². The quantitative estimate of drug-likeness (QED) is 0.885. The van der Waals surface area contributed by atoms with Crippen molar-refractivity contribution < 1.29 is 8.42 Å². The SMILES string of the molecule is O=S1(=O)CC(Nc2cnccn2)c2ccccc21. The number of nitrogens with one attached hydrogen (secondary N) is 1. The molecule has 92 valence electrons. The van der Waals surface area contributed by atoms with Crippen LogP contribution in [0.15, 0.2) is 47.8 Å². The molecule has 0 saturated carbocycles. The molecule has 0 aliphatic carbocycles. The summed E-state index contributed by atoms with van der Waals surface area (Å²) in [4.78, 5) is 8.45. The number of aromatic nitrogens is 2. The lowest BCUT2D eigenvalue weighted by atomic mass is 10.1. The summed E-state index contributed by atoms with van der Waals surface area (Å²) in [5.74, 6) is 0.637. The summed E-state index contributed by atoms with van der Waals surface area (Å²) in [5, 5.41) is 3.10. The third-order valence-electron chi connectivity index (χ3n) is 2.90. The Balaban J connectivity index is 1.97. The standard InChI is InChI=1S/C12H11N3O2S/c16-18(17)8-10(9-3-1-2-4-11(9)18)15-12-7-13-5-6-14-12/h1-7,10H,8H2,(H,14,15). The number of hydrogen-bond acceptors (Lipinski definition) is 5. The molecule has 1 aliphatic rings. The van der Waals surface area contributed by atoms with Crippen molar-refractivity contribution in [1.29, 1.82) is 0 Å². The summed E-state index contributed by atoms with van der Waals surface area (Å²) in [6.07, 6.45) is 4.72. The van der Waals surface area contributed by atoms with Gasteiger partial charge in [0.2, 0.25) is 0 Å². The van der Waals surface area contributed by atoms with Gasteiger partial charge in [-0.2, -0.15) is 0 Å². The molecule has 3 rings (SSSR count). The van der Waals surface area contributed by atoms with E-state index in [1.807, 2.05) is 12.1 Å². The van der Waals surface area contributed by atoms with Crippen LogP contribution in [0.25, 0.3) is 0 Å². The van der Waals surface area contributed by atoms with Crippen molar-refractivity contribution >= 4 is 15.7 Å². The first-order valence-electron chi connectivity index (χ1n) is 5.51. The van der Waals surface area contributed by atoms with Crippen molar-refractivity contribution in [1.82, 2.24) is 9.97 Å².